The van der Waals surface area contributed by atoms with Crippen LogP contribution in [0.5, 0.6) is 0 Å². The van der Waals surface area contributed by atoms with Gasteiger partial charge in [-0.15, -0.1) is 0 Å². The fraction of sp³-hybridized carbons (Fsp3) is 0.533. The summed E-state index contributed by atoms with van der Waals surface area (Å²) in [5.41, 5.74) is 10.9. The molecule has 0 heterocycles. The first kappa shape index (κ1) is 29.5. The molecule has 0 aliphatic rings. The summed E-state index contributed by atoms with van der Waals surface area (Å²) < 4.78 is 0. The third-order valence-electron chi connectivity index (χ3n) is 5.66. The molecule has 0 aliphatic carbocycles. The number of nitrogens with zero attached hydrogens (tertiary/aromatic N) is 2. The number of rotatable bonds is 11. The molecule has 0 atom stereocenters. The van der Waals surface area contributed by atoms with Gasteiger partial charge in [-0.25, -0.2) is 0 Å². The van der Waals surface area contributed by atoms with Crippen molar-refractivity contribution in [2.45, 2.75) is 96.8 Å². The van der Waals surface area contributed by atoms with E-state index in [2.05, 4.69) is 92.0 Å². The molecule has 186 valence electrons. The number of hydrogen-bond donors (Lipinski definition) is 0. The van der Waals surface area contributed by atoms with Crippen molar-refractivity contribution in [2.24, 2.45) is 10.2 Å². The summed E-state index contributed by atoms with van der Waals surface area (Å²) in [7, 11) is 1.77. The Bertz CT molecular complexity index is 786. The van der Waals surface area contributed by atoms with E-state index < -0.39 is 0 Å². The predicted octanol–water partition coefficient (Wildman–Crippen LogP) is 9.52. The van der Waals surface area contributed by atoms with E-state index in [1.54, 1.807) is 7.05 Å². The molecule has 2 aromatic carbocycles. The Morgan fingerprint density at radius 1 is 0.667 bits per heavy atom. The van der Waals surface area contributed by atoms with E-state index in [9.17, 15) is 0 Å². The van der Waals surface area contributed by atoms with E-state index in [0.717, 1.165) is 75.0 Å². The van der Waals surface area contributed by atoms with Gasteiger partial charge in [-0.3, -0.25) is 0 Å². The average molecular weight is 541 g/mol. The minimum absolute atomic E-state index is 0.950. The molecule has 0 aromatic heterocycles. The number of allylic oxidation sites excluding steroid dienone is 1. The van der Waals surface area contributed by atoms with E-state index in [1.807, 2.05) is 0 Å². The molecule has 0 radical (unpaired) electrons. The summed E-state index contributed by atoms with van der Waals surface area (Å²) in [5.74, 6) is 0. The van der Waals surface area contributed by atoms with Crippen LogP contribution in [0.4, 0.5) is 0 Å². The van der Waals surface area contributed by atoms with Crippen molar-refractivity contribution in [1.29, 1.82) is 0 Å². The van der Waals surface area contributed by atoms with Gasteiger partial charge in [0.1, 0.15) is 0 Å². The van der Waals surface area contributed by atoms with Crippen LogP contribution in [0.2, 0.25) is 10.8 Å². The molecule has 0 aliphatic heterocycles. The Morgan fingerprint density at radius 3 is 1.21 bits per heavy atom. The fourth-order valence-corrected chi connectivity index (χ4v) is 4.55. The zero-order valence-corrected chi connectivity index (χ0v) is 23.9. The van der Waals surface area contributed by atoms with Crippen molar-refractivity contribution in [3.8, 4) is 0 Å². The zero-order chi connectivity index (χ0) is 24.6. The van der Waals surface area contributed by atoms with Crippen LogP contribution < -0.4 is 0 Å². The summed E-state index contributed by atoms with van der Waals surface area (Å²) in [6.45, 7) is 11.2. The van der Waals surface area contributed by atoms with E-state index in [4.69, 9.17) is 0 Å². The Kier molecular flexibility index (Phi) is 15.2. The van der Waals surface area contributed by atoms with Gasteiger partial charge in [0.25, 0.3) is 0 Å². The second kappa shape index (κ2) is 17.0. The first-order valence-electron chi connectivity index (χ1n) is 12.5. The first-order chi connectivity index (χ1) is 16.0. The Labute approximate surface area is 212 Å². The molecular formula is C30H46N2Pd. The monoisotopic (exact) mass is 540 g/mol. The van der Waals surface area contributed by atoms with Crippen molar-refractivity contribution in [3.63, 3.8) is 0 Å². The van der Waals surface area contributed by atoms with E-state index >= 15 is 0 Å². The van der Waals surface area contributed by atoms with Crippen molar-refractivity contribution in [2.75, 3.05) is 7.05 Å². The zero-order valence-electron chi connectivity index (χ0n) is 22.3. The van der Waals surface area contributed by atoms with Crippen LogP contribution in [0.25, 0.3) is 5.57 Å². The van der Waals surface area contributed by atoms with Crippen LogP contribution in [-0.4, -0.2) is 7.05 Å². The molecule has 33 heavy (non-hydrogen) atoms. The average Bonchev–Trinajstić information content (AvgIpc) is 2.78. The molecule has 0 saturated carbocycles. The standard InChI is InChI=1S/C28H40N2.2CH3.Pd/c1-7-13-22-17-11-18-23(14-8-2)27(22)26(21(5)30-29-6)28-24(15-9-3)19-12-20-25(28)16-10-4;;;/h11-12,17-20H,7-10,13-16H2,1-6H3;2*1H3;. The summed E-state index contributed by atoms with van der Waals surface area (Å²) in [5, 5.41) is 13.1. The van der Waals surface area contributed by atoms with Gasteiger partial charge in [-0.05, 0) is 66.0 Å². The van der Waals surface area contributed by atoms with Crippen LogP contribution in [0.3, 0.4) is 0 Å². The number of benzene rings is 2. The minimum atomic E-state index is 0.950. The van der Waals surface area contributed by atoms with Crippen LogP contribution in [0.15, 0.2) is 52.3 Å². The van der Waals surface area contributed by atoms with Gasteiger partial charge in [-0.2, -0.15) is 10.2 Å². The van der Waals surface area contributed by atoms with Gasteiger partial charge in [0.15, 0.2) is 0 Å². The van der Waals surface area contributed by atoms with E-state index in [1.165, 1.54) is 39.0 Å². The SMILES string of the molecule is CCCc1cccc(CCC)c1C(=C(C)N=NC)c1c(CCC)cccc1CCC.[CH3][Pd][CH3]. The van der Waals surface area contributed by atoms with Crippen LogP contribution in [0.1, 0.15) is 93.7 Å². The molecule has 0 fully saturated rings. The van der Waals surface area contributed by atoms with Gasteiger partial charge in [0.2, 0.25) is 0 Å². The van der Waals surface area contributed by atoms with Gasteiger partial charge >= 0.3 is 28.8 Å². The fourth-order valence-electron chi connectivity index (χ4n) is 4.55. The summed E-state index contributed by atoms with van der Waals surface area (Å²) >= 11 is 0.950. The molecule has 2 rings (SSSR count). The Morgan fingerprint density at radius 2 is 0.970 bits per heavy atom. The van der Waals surface area contributed by atoms with Crippen molar-refractivity contribution in [3.05, 3.63) is 75.5 Å². The van der Waals surface area contributed by atoms with Gasteiger partial charge < -0.3 is 0 Å². The Balaban J connectivity index is 0.00000172. The summed E-state index contributed by atoms with van der Waals surface area (Å²) in [6, 6.07) is 13.7. The maximum atomic E-state index is 4.59. The third-order valence-corrected chi connectivity index (χ3v) is 5.66. The second-order valence-electron chi connectivity index (χ2n) is 8.48. The quantitative estimate of drug-likeness (QED) is 0.200. The van der Waals surface area contributed by atoms with Gasteiger partial charge in [-0.1, -0.05) is 89.8 Å². The first-order valence-corrected chi connectivity index (χ1v) is 15.6. The Hall–Kier alpha value is -1.56. The molecular weight excluding hydrogens is 495 g/mol. The van der Waals surface area contributed by atoms with Crippen molar-refractivity contribution < 1.29 is 18.0 Å². The molecule has 0 amide bonds. The van der Waals surface area contributed by atoms with Crippen LogP contribution in [-0.2, 0) is 43.7 Å². The van der Waals surface area contributed by atoms with Crippen molar-refractivity contribution in [1.82, 2.24) is 0 Å². The normalized spacial score (nSPS) is 10.9. The molecule has 0 saturated heterocycles. The maximum absolute atomic E-state index is 4.59. The third kappa shape index (κ3) is 8.62. The van der Waals surface area contributed by atoms with Crippen molar-refractivity contribution >= 4 is 5.57 Å². The predicted molar refractivity (Wildman–Crippen MR) is 143 cm³/mol. The molecule has 0 N–H and O–H groups in total. The summed E-state index contributed by atoms with van der Waals surface area (Å²) in [6.07, 6.45) is 8.92. The molecule has 2 aromatic rings. The van der Waals surface area contributed by atoms with Gasteiger partial charge in [0, 0.05) is 12.6 Å². The second-order valence-corrected chi connectivity index (χ2v) is 10.0. The number of aryl methyl sites for hydroxylation is 4. The summed E-state index contributed by atoms with van der Waals surface area (Å²) in [4.78, 5) is 0. The van der Waals surface area contributed by atoms with E-state index in [0.29, 0.717) is 0 Å². The molecule has 3 heteroatoms. The van der Waals surface area contributed by atoms with Crippen LogP contribution >= 0.6 is 0 Å². The molecule has 2 nitrogen and oxygen atoms in total. The number of hydrogen-bond acceptors (Lipinski definition) is 2. The topological polar surface area (TPSA) is 24.7 Å². The molecule has 0 bridgehead atoms. The number of azo groups is 1. The molecule has 0 spiro atoms. The van der Waals surface area contributed by atoms with Crippen LogP contribution in [0, 0.1) is 0 Å². The van der Waals surface area contributed by atoms with Gasteiger partial charge in [0.05, 0.1) is 5.70 Å². The van der Waals surface area contributed by atoms with E-state index in [-0.39, 0.29) is 0 Å². The molecule has 0 unspecified atom stereocenters.